The van der Waals surface area contributed by atoms with Crippen LogP contribution in [-0.2, 0) is 5.75 Å². The minimum absolute atomic E-state index is 0.326. The molecule has 0 fully saturated rings. The highest BCUT2D eigenvalue weighted by molar-refractivity contribution is 7.98. The third-order valence-electron chi connectivity index (χ3n) is 2.92. The lowest BCUT2D eigenvalue weighted by atomic mass is 10.2. The van der Waals surface area contributed by atoms with Crippen LogP contribution >= 0.6 is 11.8 Å². The summed E-state index contributed by atoms with van der Waals surface area (Å²) in [4.78, 5) is 14.9. The Hall–Kier alpha value is -2.54. The van der Waals surface area contributed by atoms with E-state index >= 15 is 0 Å². The number of aromatic nitrogens is 3. The number of nitrogens with one attached hydrogen (secondary N) is 2. The number of rotatable bonds is 6. The van der Waals surface area contributed by atoms with E-state index in [4.69, 9.17) is 4.42 Å². The van der Waals surface area contributed by atoms with Crippen LogP contribution in [0.3, 0.4) is 0 Å². The number of carbonyl (C=O) groups is 1. The highest BCUT2D eigenvalue weighted by atomic mass is 32.2. The number of anilines is 2. The van der Waals surface area contributed by atoms with E-state index in [0.29, 0.717) is 34.7 Å². The molecular formula is C15H14N4O2S. The Labute approximate surface area is 131 Å². The molecule has 1 aromatic carbocycles. The van der Waals surface area contributed by atoms with Gasteiger partial charge in [-0.1, -0.05) is 29.5 Å². The lowest BCUT2D eigenvalue weighted by Gasteiger charge is -2.01. The van der Waals surface area contributed by atoms with Crippen LogP contribution in [0.15, 0.2) is 46.0 Å². The maximum atomic E-state index is 10.6. The fourth-order valence-corrected chi connectivity index (χ4v) is 2.50. The SMILES string of the molecule is Cc1ccc(Nc2nc(SCc3ccc(C=O)o3)n[nH]2)cc1. The standard InChI is InChI=1S/C15H14N4O2S/c1-10-2-4-11(5-3-10)16-14-17-15(19-18-14)22-9-13-7-6-12(8-20)21-13/h2-8H,9H2,1H3,(H2,16,17,18,19). The Morgan fingerprint density at radius 1 is 1.27 bits per heavy atom. The molecule has 0 radical (unpaired) electrons. The van der Waals surface area contributed by atoms with Gasteiger partial charge in [0.1, 0.15) is 5.76 Å². The number of hydrogen-bond donors (Lipinski definition) is 2. The lowest BCUT2D eigenvalue weighted by Crippen LogP contribution is -1.92. The molecular weight excluding hydrogens is 300 g/mol. The highest BCUT2D eigenvalue weighted by Gasteiger charge is 2.07. The number of aromatic amines is 1. The maximum Gasteiger partial charge on any atom is 0.223 e. The average molecular weight is 314 g/mol. The summed E-state index contributed by atoms with van der Waals surface area (Å²) in [5, 5.41) is 10.7. The summed E-state index contributed by atoms with van der Waals surface area (Å²) in [6, 6.07) is 11.4. The Kier molecular flexibility index (Phi) is 4.24. The largest absolute Gasteiger partial charge is 0.457 e. The Morgan fingerprint density at radius 2 is 2.09 bits per heavy atom. The molecule has 2 aromatic heterocycles. The minimum atomic E-state index is 0.326. The number of aryl methyl sites for hydroxylation is 1. The summed E-state index contributed by atoms with van der Waals surface area (Å²) < 4.78 is 5.30. The van der Waals surface area contributed by atoms with Gasteiger partial charge in [-0.3, -0.25) is 4.79 Å². The molecule has 7 heteroatoms. The first-order chi connectivity index (χ1) is 10.7. The average Bonchev–Trinajstić information content (AvgIpc) is 3.16. The number of carbonyl (C=O) groups excluding carboxylic acids is 1. The molecule has 3 rings (SSSR count). The van der Waals surface area contributed by atoms with Gasteiger partial charge in [0.05, 0.1) is 5.75 Å². The van der Waals surface area contributed by atoms with E-state index in [1.54, 1.807) is 12.1 Å². The van der Waals surface area contributed by atoms with Crippen molar-refractivity contribution in [3.05, 3.63) is 53.5 Å². The van der Waals surface area contributed by atoms with Crippen molar-refractivity contribution < 1.29 is 9.21 Å². The van der Waals surface area contributed by atoms with E-state index in [1.165, 1.54) is 17.3 Å². The van der Waals surface area contributed by atoms with Crippen molar-refractivity contribution in [2.75, 3.05) is 5.32 Å². The fourth-order valence-electron chi connectivity index (χ4n) is 1.81. The number of hydrogen-bond acceptors (Lipinski definition) is 6. The molecule has 3 aromatic rings. The number of furan rings is 1. The molecule has 0 aliphatic rings. The number of thioether (sulfide) groups is 1. The minimum Gasteiger partial charge on any atom is -0.457 e. The van der Waals surface area contributed by atoms with Gasteiger partial charge in [-0.2, -0.15) is 4.98 Å². The van der Waals surface area contributed by atoms with E-state index in [1.807, 2.05) is 31.2 Å². The topological polar surface area (TPSA) is 83.8 Å². The summed E-state index contributed by atoms with van der Waals surface area (Å²) in [5.41, 5.74) is 2.15. The van der Waals surface area contributed by atoms with Crippen LogP contribution in [0.1, 0.15) is 21.9 Å². The van der Waals surface area contributed by atoms with Crippen molar-refractivity contribution >= 4 is 29.7 Å². The van der Waals surface area contributed by atoms with Gasteiger partial charge in [0.25, 0.3) is 0 Å². The molecule has 0 saturated carbocycles. The molecule has 6 nitrogen and oxygen atoms in total. The van der Waals surface area contributed by atoms with Crippen LogP contribution in [0.25, 0.3) is 0 Å². The summed E-state index contributed by atoms with van der Waals surface area (Å²) >= 11 is 1.43. The summed E-state index contributed by atoms with van der Waals surface area (Å²) in [7, 11) is 0. The zero-order valence-corrected chi connectivity index (χ0v) is 12.7. The zero-order valence-electron chi connectivity index (χ0n) is 11.9. The van der Waals surface area contributed by atoms with Gasteiger partial charge >= 0.3 is 0 Å². The van der Waals surface area contributed by atoms with Crippen LogP contribution in [0.5, 0.6) is 0 Å². The first kappa shape index (κ1) is 14.4. The Bertz CT molecular complexity index is 764. The van der Waals surface area contributed by atoms with Crippen LogP contribution in [0, 0.1) is 6.92 Å². The van der Waals surface area contributed by atoms with E-state index < -0.39 is 0 Å². The molecule has 0 unspecified atom stereocenters. The highest BCUT2D eigenvalue weighted by Crippen LogP contribution is 2.22. The quantitative estimate of drug-likeness (QED) is 0.534. The van der Waals surface area contributed by atoms with Crippen molar-refractivity contribution in [3.63, 3.8) is 0 Å². The first-order valence-electron chi connectivity index (χ1n) is 6.66. The summed E-state index contributed by atoms with van der Waals surface area (Å²) in [6.07, 6.45) is 0.685. The van der Waals surface area contributed by atoms with Gasteiger partial charge in [0.15, 0.2) is 12.0 Å². The number of aldehydes is 1. The molecule has 22 heavy (non-hydrogen) atoms. The second-order valence-electron chi connectivity index (χ2n) is 4.67. The Balaban J connectivity index is 1.58. The second-order valence-corrected chi connectivity index (χ2v) is 5.61. The van der Waals surface area contributed by atoms with Crippen molar-refractivity contribution in [1.82, 2.24) is 15.2 Å². The monoisotopic (exact) mass is 314 g/mol. The van der Waals surface area contributed by atoms with E-state index in [9.17, 15) is 4.79 Å². The van der Waals surface area contributed by atoms with Gasteiger partial charge in [0.2, 0.25) is 11.1 Å². The van der Waals surface area contributed by atoms with Crippen molar-refractivity contribution in [2.24, 2.45) is 0 Å². The van der Waals surface area contributed by atoms with Crippen molar-refractivity contribution in [1.29, 1.82) is 0 Å². The van der Waals surface area contributed by atoms with Gasteiger partial charge in [-0.05, 0) is 31.2 Å². The summed E-state index contributed by atoms with van der Waals surface area (Å²) in [5.74, 6) is 2.19. The Morgan fingerprint density at radius 3 is 2.82 bits per heavy atom. The van der Waals surface area contributed by atoms with Gasteiger partial charge in [-0.25, -0.2) is 5.10 Å². The van der Waals surface area contributed by atoms with E-state index in [2.05, 4.69) is 20.5 Å². The number of benzene rings is 1. The van der Waals surface area contributed by atoms with Crippen molar-refractivity contribution in [2.45, 2.75) is 17.8 Å². The number of nitrogens with zero attached hydrogens (tertiary/aromatic N) is 2. The molecule has 2 heterocycles. The third-order valence-corrected chi connectivity index (χ3v) is 3.79. The molecule has 2 N–H and O–H groups in total. The third kappa shape index (κ3) is 3.56. The molecule has 0 bridgehead atoms. The molecule has 112 valence electrons. The second kappa shape index (κ2) is 6.48. The van der Waals surface area contributed by atoms with Gasteiger partial charge in [0, 0.05) is 5.69 Å². The molecule has 0 amide bonds. The smallest absolute Gasteiger partial charge is 0.223 e. The van der Waals surface area contributed by atoms with E-state index in [-0.39, 0.29) is 0 Å². The molecule has 0 saturated heterocycles. The molecule has 0 atom stereocenters. The molecule has 0 spiro atoms. The normalized spacial score (nSPS) is 10.6. The first-order valence-corrected chi connectivity index (χ1v) is 7.64. The van der Waals surface area contributed by atoms with Gasteiger partial charge < -0.3 is 9.73 Å². The zero-order chi connectivity index (χ0) is 15.4. The summed E-state index contributed by atoms with van der Waals surface area (Å²) in [6.45, 7) is 2.04. The fraction of sp³-hybridized carbons (Fsp3) is 0.133. The maximum absolute atomic E-state index is 10.6. The molecule has 0 aliphatic heterocycles. The predicted octanol–water partition coefficient (Wildman–Crippen LogP) is 3.55. The van der Waals surface area contributed by atoms with Crippen LogP contribution in [0.2, 0.25) is 0 Å². The lowest BCUT2D eigenvalue weighted by molar-refractivity contribution is 0.109. The molecule has 0 aliphatic carbocycles. The van der Waals surface area contributed by atoms with Gasteiger partial charge in [-0.15, -0.1) is 5.10 Å². The van der Waals surface area contributed by atoms with E-state index in [0.717, 1.165) is 5.69 Å². The van der Waals surface area contributed by atoms with Crippen LogP contribution in [-0.4, -0.2) is 21.5 Å². The number of H-pyrrole nitrogens is 1. The van der Waals surface area contributed by atoms with Crippen molar-refractivity contribution in [3.8, 4) is 0 Å². The van der Waals surface area contributed by atoms with Crippen LogP contribution in [0.4, 0.5) is 11.6 Å². The van der Waals surface area contributed by atoms with Crippen LogP contribution < -0.4 is 5.32 Å². The predicted molar refractivity (Wildman–Crippen MR) is 84.5 cm³/mol.